The molecule has 2 aliphatic heterocycles. The average Bonchev–Trinajstić information content (AvgIpc) is 3.18. The summed E-state index contributed by atoms with van der Waals surface area (Å²) >= 11 is 1.71. The Bertz CT molecular complexity index is 544. The molecule has 134 valence electrons. The summed E-state index contributed by atoms with van der Waals surface area (Å²) in [7, 11) is 0. The van der Waals surface area contributed by atoms with Gasteiger partial charge in [0.25, 0.3) is 0 Å². The molecular weight excluding hydrogens is 324 g/mol. The van der Waals surface area contributed by atoms with Crippen LogP contribution in [-0.2, 0) is 9.53 Å². The molecule has 0 saturated carbocycles. The SMILES string of the molecule is Cc1csc(N2CCCN(C(C)C(=O)NCC3CCCO3)CC2)n1. The topological polar surface area (TPSA) is 57.7 Å². The van der Waals surface area contributed by atoms with Crippen molar-refractivity contribution in [2.45, 2.75) is 45.3 Å². The zero-order valence-corrected chi connectivity index (χ0v) is 15.5. The van der Waals surface area contributed by atoms with Crippen LogP contribution < -0.4 is 10.2 Å². The highest BCUT2D eigenvalue weighted by atomic mass is 32.1. The maximum absolute atomic E-state index is 12.4. The van der Waals surface area contributed by atoms with Gasteiger partial charge in [0.2, 0.25) is 5.91 Å². The monoisotopic (exact) mass is 352 g/mol. The van der Waals surface area contributed by atoms with Crippen molar-refractivity contribution >= 4 is 22.4 Å². The van der Waals surface area contributed by atoms with Crippen molar-refractivity contribution in [1.29, 1.82) is 0 Å². The molecule has 2 fully saturated rings. The second-order valence-corrected chi connectivity index (χ2v) is 7.54. The fourth-order valence-electron chi connectivity index (χ4n) is 3.34. The van der Waals surface area contributed by atoms with E-state index in [0.717, 1.165) is 62.9 Å². The van der Waals surface area contributed by atoms with E-state index in [0.29, 0.717) is 6.54 Å². The number of thiazole rings is 1. The van der Waals surface area contributed by atoms with E-state index in [9.17, 15) is 4.79 Å². The van der Waals surface area contributed by atoms with E-state index >= 15 is 0 Å². The molecule has 1 N–H and O–H groups in total. The second kappa shape index (κ2) is 8.27. The van der Waals surface area contributed by atoms with E-state index < -0.39 is 0 Å². The molecule has 1 aromatic rings. The Hall–Kier alpha value is -1.18. The van der Waals surface area contributed by atoms with Gasteiger partial charge < -0.3 is 15.0 Å². The fourth-order valence-corrected chi connectivity index (χ4v) is 4.19. The van der Waals surface area contributed by atoms with Crippen LogP contribution in [0.25, 0.3) is 0 Å². The molecule has 0 radical (unpaired) electrons. The van der Waals surface area contributed by atoms with E-state index in [4.69, 9.17) is 4.74 Å². The molecule has 0 spiro atoms. The largest absolute Gasteiger partial charge is 0.376 e. The van der Waals surface area contributed by atoms with Gasteiger partial charge in [0.05, 0.1) is 17.8 Å². The van der Waals surface area contributed by atoms with Crippen LogP contribution in [0.15, 0.2) is 5.38 Å². The van der Waals surface area contributed by atoms with Gasteiger partial charge in [-0.25, -0.2) is 4.98 Å². The Balaban J connectivity index is 1.48. The first-order valence-electron chi connectivity index (χ1n) is 8.94. The summed E-state index contributed by atoms with van der Waals surface area (Å²) in [6, 6.07) is -0.0932. The van der Waals surface area contributed by atoms with Crippen LogP contribution in [-0.4, -0.2) is 67.3 Å². The normalized spacial score (nSPS) is 23.9. The lowest BCUT2D eigenvalue weighted by molar-refractivity contribution is -0.126. The molecule has 2 aliphatic rings. The predicted octanol–water partition coefficient (Wildman–Crippen LogP) is 1.65. The number of aryl methyl sites for hydroxylation is 1. The molecule has 24 heavy (non-hydrogen) atoms. The van der Waals surface area contributed by atoms with Crippen molar-refractivity contribution < 1.29 is 9.53 Å². The van der Waals surface area contributed by atoms with Gasteiger partial charge in [-0.15, -0.1) is 11.3 Å². The second-order valence-electron chi connectivity index (χ2n) is 6.70. The summed E-state index contributed by atoms with van der Waals surface area (Å²) in [6.45, 7) is 9.29. The molecule has 2 unspecified atom stereocenters. The van der Waals surface area contributed by atoms with Crippen molar-refractivity contribution in [2.75, 3.05) is 44.2 Å². The van der Waals surface area contributed by atoms with E-state index in [1.54, 1.807) is 11.3 Å². The Kier molecular flexibility index (Phi) is 6.08. The van der Waals surface area contributed by atoms with Gasteiger partial charge >= 0.3 is 0 Å². The van der Waals surface area contributed by atoms with Crippen LogP contribution >= 0.6 is 11.3 Å². The quantitative estimate of drug-likeness (QED) is 0.873. The Morgan fingerprint density at radius 2 is 2.29 bits per heavy atom. The van der Waals surface area contributed by atoms with Gasteiger partial charge in [0.15, 0.2) is 5.13 Å². The number of amides is 1. The minimum atomic E-state index is -0.0932. The van der Waals surface area contributed by atoms with E-state index in [1.807, 2.05) is 13.8 Å². The van der Waals surface area contributed by atoms with Crippen LogP contribution in [0.5, 0.6) is 0 Å². The smallest absolute Gasteiger partial charge is 0.237 e. The molecule has 2 saturated heterocycles. The number of ether oxygens (including phenoxy) is 1. The number of anilines is 1. The predicted molar refractivity (Wildman–Crippen MR) is 96.7 cm³/mol. The maximum Gasteiger partial charge on any atom is 0.237 e. The molecule has 1 amide bonds. The molecule has 0 aromatic carbocycles. The number of nitrogens with one attached hydrogen (secondary N) is 1. The first-order valence-corrected chi connectivity index (χ1v) is 9.82. The highest BCUT2D eigenvalue weighted by Crippen LogP contribution is 2.22. The number of rotatable bonds is 5. The molecule has 7 heteroatoms. The first-order chi connectivity index (χ1) is 11.6. The van der Waals surface area contributed by atoms with E-state index in [-0.39, 0.29) is 18.1 Å². The molecule has 0 aliphatic carbocycles. The molecule has 3 rings (SSSR count). The van der Waals surface area contributed by atoms with E-state index in [2.05, 4.69) is 25.5 Å². The molecule has 2 atom stereocenters. The highest BCUT2D eigenvalue weighted by molar-refractivity contribution is 7.13. The van der Waals surface area contributed by atoms with Crippen LogP contribution in [0.4, 0.5) is 5.13 Å². The van der Waals surface area contributed by atoms with Crippen molar-refractivity contribution in [3.63, 3.8) is 0 Å². The average molecular weight is 353 g/mol. The lowest BCUT2D eigenvalue weighted by atomic mass is 10.2. The number of carbonyl (C=O) groups excluding carboxylic acids is 1. The van der Waals surface area contributed by atoms with Crippen molar-refractivity contribution in [1.82, 2.24) is 15.2 Å². The van der Waals surface area contributed by atoms with Crippen molar-refractivity contribution in [3.8, 4) is 0 Å². The zero-order valence-electron chi connectivity index (χ0n) is 14.7. The molecular formula is C17H28N4O2S. The van der Waals surface area contributed by atoms with Gasteiger partial charge in [0.1, 0.15) is 0 Å². The number of nitrogens with zero attached hydrogens (tertiary/aromatic N) is 3. The number of hydrogen-bond acceptors (Lipinski definition) is 6. The summed E-state index contributed by atoms with van der Waals surface area (Å²) in [6.07, 6.45) is 3.42. The van der Waals surface area contributed by atoms with Gasteiger partial charge in [-0.2, -0.15) is 0 Å². The van der Waals surface area contributed by atoms with Crippen LogP contribution in [0, 0.1) is 6.92 Å². The number of hydrogen-bond donors (Lipinski definition) is 1. The van der Waals surface area contributed by atoms with Crippen LogP contribution in [0.1, 0.15) is 31.9 Å². The standard InChI is InChI=1S/C17H28N4O2S/c1-13-12-24-17(19-13)21-7-4-6-20(8-9-21)14(2)16(22)18-11-15-5-3-10-23-15/h12,14-15H,3-11H2,1-2H3,(H,18,22). The van der Waals surface area contributed by atoms with Crippen molar-refractivity contribution in [3.05, 3.63) is 11.1 Å². The number of carbonyl (C=O) groups is 1. The summed E-state index contributed by atoms with van der Waals surface area (Å²) < 4.78 is 5.57. The first kappa shape index (κ1) is 17.6. The summed E-state index contributed by atoms with van der Waals surface area (Å²) in [5.74, 6) is 0.115. The Labute approximate surface area is 148 Å². The zero-order chi connectivity index (χ0) is 16.9. The summed E-state index contributed by atoms with van der Waals surface area (Å²) in [4.78, 5) is 21.6. The van der Waals surface area contributed by atoms with Crippen LogP contribution in [0.3, 0.4) is 0 Å². The van der Waals surface area contributed by atoms with E-state index in [1.165, 1.54) is 0 Å². The Morgan fingerprint density at radius 3 is 3.00 bits per heavy atom. The fraction of sp³-hybridized carbons (Fsp3) is 0.765. The van der Waals surface area contributed by atoms with Gasteiger partial charge in [-0.05, 0) is 33.1 Å². The highest BCUT2D eigenvalue weighted by Gasteiger charge is 2.25. The summed E-state index contributed by atoms with van der Waals surface area (Å²) in [5, 5.41) is 6.26. The van der Waals surface area contributed by atoms with Crippen LogP contribution in [0.2, 0.25) is 0 Å². The third-order valence-corrected chi connectivity index (χ3v) is 5.88. The third-order valence-electron chi connectivity index (χ3n) is 4.86. The molecule has 6 nitrogen and oxygen atoms in total. The lowest BCUT2D eigenvalue weighted by Gasteiger charge is -2.27. The number of aromatic nitrogens is 1. The third kappa shape index (κ3) is 4.46. The van der Waals surface area contributed by atoms with Crippen molar-refractivity contribution in [2.24, 2.45) is 0 Å². The molecule has 3 heterocycles. The van der Waals surface area contributed by atoms with Gasteiger partial charge in [-0.3, -0.25) is 9.69 Å². The molecule has 0 bridgehead atoms. The van der Waals surface area contributed by atoms with Gasteiger partial charge in [0, 0.05) is 44.7 Å². The van der Waals surface area contributed by atoms with Gasteiger partial charge in [-0.1, -0.05) is 0 Å². The lowest BCUT2D eigenvalue weighted by Crippen LogP contribution is -2.48. The minimum Gasteiger partial charge on any atom is -0.376 e. The maximum atomic E-state index is 12.4. The minimum absolute atomic E-state index is 0.0932. The Morgan fingerprint density at radius 1 is 1.42 bits per heavy atom. The molecule has 1 aromatic heterocycles. The summed E-state index contributed by atoms with van der Waals surface area (Å²) in [5.41, 5.74) is 1.08.